The average molecular weight is 293 g/mol. The summed E-state index contributed by atoms with van der Waals surface area (Å²) in [5.74, 6) is -0.886. The Morgan fingerprint density at radius 3 is 2.48 bits per heavy atom. The van der Waals surface area contributed by atoms with E-state index in [2.05, 4.69) is 10.6 Å². The van der Waals surface area contributed by atoms with Gasteiger partial charge in [-0.1, -0.05) is 19.9 Å². The zero-order valence-electron chi connectivity index (χ0n) is 12.9. The molecule has 0 saturated heterocycles. The Labute approximate surface area is 125 Å². The van der Waals surface area contributed by atoms with Crippen molar-refractivity contribution in [3.05, 3.63) is 24.3 Å². The lowest BCUT2D eigenvalue weighted by Crippen LogP contribution is -2.42. The predicted octanol–water partition coefficient (Wildman–Crippen LogP) is 2.37. The van der Waals surface area contributed by atoms with E-state index >= 15 is 0 Å². The maximum Gasteiger partial charge on any atom is 0.319 e. The van der Waals surface area contributed by atoms with Crippen LogP contribution >= 0.6 is 0 Å². The number of rotatable bonds is 6. The standard InChI is InChI=1S/C15H23N3O3/c1-10(2)13(9-14(19)20)17-15(21)16-11-6-5-7-12(8-11)18(3)4/h5-8,10,13H,9H2,1-4H3,(H,19,20)(H2,16,17,21). The first-order chi connectivity index (χ1) is 9.79. The first-order valence-electron chi connectivity index (χ1n) is 6.86. The monoisotopic (exact) mass is 293 g/mol. The summed E-state index contributed by atoms with van der Waals surface area (Å²) >= 11 is 0. The van der Waals surface area contributed by atoms with Crippen LogP contribution < -0.4 is 15.5 Å². The molecule has 1 rings (SSSR count). The van der Waals surface area contributed by atoms with Gasteiger partial charge in [-0.25, -0.2) is 4.79 Å². The molecule has 0 aromatic heterocycles. The highest BCUT2D eigenvalue weighted by Crippen LogP contribution is 2.17. The predicted molar refractivity (Wildman–Crippen MR) is 83.8 cm³/mol. The number of aliphatic carboxylic acids is 1. The lowest BCUT2D eigenvalue weighted by Gasteiger charge is -2.21. The second kappa shape index (κ2) is 7.52. The number of nitrogens with one attached hydrogen (secondary N) is 2. The molecule has 6 nitrogen and oxygen atoms in total. The van der Waals surface area contributed by atoms with E-state index < -0.39 is 18.0 Å². The van der Waals surface area contributed by atoms with E-state index in [4.69, 9.17) is 5.11 Å². The van der Waals surface area contributed by atoms with Crippen LogP contribution in [0.4, 0.5) is 16.2 Å². The van der Waals surface area contributed by atoms with Gasteiger partial charge in [-0.2, -0.15) is 0 Å². The Balaban J connectivity index is 2.67. The number of nitrogens with zero attached hydrogens (tertiary/aromatic N) is 1. The lowest BCUT2D eigenvalue weighted by atomic mass is 10.0. The first kappa shape index (κ1) is 16.8. The number of benzene rings is 1. The molecule has 2 amide bonds. The highest BCUT2D eigenvalue weighted by Gasteiger charge is 2.19. The Morgan fingerprint density at radius 1 is 1.29 bits per heavy atom. The third-order valence-corrected chi connectivity index (χ3v) is 3.14. The van der Waals surface area contributed by atoms with Crippen LogP contribution in [-0.4, -0.2) is 37.2 Å². The SMILES string of the molecule is CC(C)C(CC(=O)O)NC(=O)Nc1cccc(N(C)C)c1. The molecule has 0 aliphatic carbocycles. The van der Waals surface area contributed by atoms with Crippen molar-refractivity contribution >= 4 is 23.4 Å². The maximum atomic E-state index is 12.0. The topological polar surface area (TPSA) is 81.7 Å². The van der Waals surface area contributed by atoms with Crippen LogP contribution in [0.25, 0.3) is 0 Å². The van der Waals surface area contributed by atoms with Crippen molar-refractivity contribution in [2.45, 2.75) is 26.3 Å². The quantitative estimate of drug-likeness (QED) is 0.752. The molecule has 0 aliphatic heterocycles. The largest absolute Gasteiger partial charge is 0.481 e. The fourth-order valence-electron chi connectivity index (χ4n) is 1.84. The van der Waals surface area contributed by atoms with Gasteiger partial charge in [0.1, 0.15) is 0 Å². The van der Waals surface area contributed by atoms with E-state index in [1.165, 1.54) is 0 Å². The van der Waals surface area contributed by atoms with Crippen LogP contribution in [-0.2, 0) is 4.79 Å². The third kappa shape index (κ3) is 5.72. The zero-order chi connectivity index (χ0) is 16.0. The summed E-state index contributed by atoms with van der Waals surface area (Å²) in [4.78, 5) is 24.7. The fraction of sp³-hybridized carbons (Fsp3) is 0.467. The number of carbonyl (C=O) groups is 2. The van der Waals surface area contributed by atoms with Gasteiger partial charge >= 0.3 is 12.0 Å². The Hall–Kier alpha value is -2.24. The summed E-state index contributed by atoms with van der Waals surface area (Å²) in [5.41, 5.74) is 1.63. The fourth-order valence-corrected chi connectivity index (χ4v) is 1.84. The van der Waals surface area contributed by atoms with Gasteiger partial charge in [0, 0.05) is 31.5 Å². The molecule has 1 atom stereocenters. The first-order valence-corrected chi connectivity index (χ1v) is 6.86. The van der Waals surface area contributed by atoms with Crippen LogP contribution in [0.2, 0.25) is 0 Å². The van der Waals surface area contributed by atoms with E-state index in [-0.39, 0.29) is 12.3 Å². The van der Waals surface area contributed by atoms with Crippen LogP contribution in [0.5, 0.6) is 0 Å². The molecule has 0 fully saturated rings. The minimum atomic E-state index is -0.927. The van der Waals surface area contributed by atoms with Gasteiger partial charge in [-0.05, 0) is 24.1 Å². The molecule has 0 heterocycles. The van der Waals surface area contributed by atoms with Gasteiger partial charge in [-0.3, -0.25) is 4.79 Å². The van der Waals surface area contributed by atoms with E-state index in [1.807, 2.05) is 51.0 Å². The smallest absolute Gasteiger partial charge is 0.319 e. The molecule has 1 unspecified atom stereocenters. The highest BCUT2D eigenvalue weighted by atomic mass is 16.4. The number of amides is 2. The van der Waals surface area contributed by atoms with Crippen LogP contribution in [0.15, 0.2) is 24.3 Å². The summed E-state index contributed by atoms with van der Waals surface area (Å²) in [6.07, 6.45) is -0.0944. The number of anilines is 2. The molecular formula is C15H23N3O3. The third-order valence-electron chi connectivity index (χ3n) is 3.14. The molecule has 0 bridgehead atoms. The summed E-state index contributed by atoms with van der Waals surface area (Å²) in [7, 11) is 3.83. The van der Waals surface area contributed by atoms with Crippen molar-refractivity contribution in [2.24, 2.45) is 5.92 Å². The second-order valence-electron chi connectivity index (χ2n) is 5.49. The summed E-state index contributed by atoms with van der Waals surface area (Å²) in [6, 6.07) is 6.62. The van der Waals surface area contributed by atoms with Crippen molar-refractivity contribution in [3.8, 4) is 0 Å². The van der Waals surface area contributed by atoms with Crippen molar-refractivity contribution in [1.29, 1.82) is 0 Å². The molecule has 1 aromatic carbocycles. The van der Waals surface area contributed by atoms with Crippen LogP contribution in [0.3, 0.4) is 0 Å². The maximum absolute atomic E-state index is 12.0. The molecule has 0 aliphatic rings. The second-order valence-corrected chi connectivity index (χ2v) is 5.49. The Morgan fingerprint density at radius 2 is 1.95 bits per heavy atom. The highest BCUT2D eigenvalue weighted by molar-refractivity contribution is 5.90. The van der Waals surface area contributed by atoms with Gasteiger partial charge in [0.2, 0.25) is 0 Å². The number of carboxylic acid groups (broad SMARTS) is 1. The number of carboxylic acids is 1. The average Bonchev–Trinajstić information content (AvgIpc) is 2.37. The van der Waals surface area contributed by atoms with Crippen molar-refractivity contribution in [1.82, 2.24) is 5.32 Å². The van der Waals surface area contributed by atoms with Crippen LogP contribution in [0, 0.1) is 5.92 Å². The van der Waals surface area contributed by atoms with Gasteiger partial charge < -0.3 is 20.6 Å². The zero-order valence-corrected chi connectivity index (χ0v) is 12.9. The minimum Gasteiger partial charge on any atom is -0.481 e. The van der Waals surface area contributed by atoms with Crippen molar-refractivity contribution in [2.75, 3.05) is 24.3 Å². The molecule has 21 heavy (non-hydrogen) atoms. The molecule has 0 radical (unpaired) electrons. The van der Waals surface area contributed by atoms with Crippen LogP contribution in [0.1, 0.15) is 20.3 Å². The Bertz CT molecular complexity index is 501. The molecular weight excluding hydrogens is 270 g/mol. The van der Waals surface area contributed by atoms with E-state index in [1.54, 1.807) is 6.07 Å². The van der Waals surface area contributed by atoms with Crippen molar-refractivity contribution in [3.63, 3.8) is 0 Å². The Kier molecular flexibility index (Phi) is 6.02. The molecule has 6 heteroatoms. The van der Waals surface area contributed by atoms with E-state index in [0.717, 1.165) is 5.69 Å². The molecule has 0 spiro atoms. The normalized spacial score (nSPS) is 11.9. The van der Waals surface area contributed by atoms with Gasteiger partial charge in [0.05, 0.1) is 6.42 Å². The lowest BCUT2D eigenvalue weighted by molar-refractivity contribution is -0.137. The molecule has 116 valence electrons. The van der Waals surface area contributed by atoms with Crippen molar-refractivity contribution < 1.29 is 14.7 Å². The minimum absolute atomic E-state index is 0.0416. The van der Waals surface area contributed by atoms with Gasteiger partial charge in [0.25, 0.3) is 0 Å². The number of carbonyl (C=O) groups excluding carboxylic acids is 1. The number of hydrogen-bond donors (Lipinski definition) is 3. The molecule has 3 N–H and O–H groups in total. The van der Waals surface area contributed by atoms with Gasteiger partial charge in [-0.15, -0.1) is 0 Å². The van der Waals surface area contributed by atoms with E-state index in [9.17, 15) is 9.59 Å². The summed E-state index contributed by atoms with van der Waals surface area (Å²) < 4.78 is 0. The number of urea groups is 1. The summed E-state index contributed by atoms with van der Waals surface area (Å²) in [6.45, 7) is 3.75. The van der Waals surface area contributed by atoms with E-state index in [0.29, 0.717) is 5.69 Å². The number of hydrogen-bond acceptors (Lipinski definition) is 3. The summed E-state index contributed by atoms with van der Waals surface area (Å²) in [5, 5.41) is 14.3. The van der Waals surface area contributed by atoms with Gasteiger partial charge in [0.15, 0.2) is 0 Å². The molecule has 1 aromatic rings. The molecule has 0 saturated carbocycles.